The molecule has 2 heterocycles. The Morgan fingerprint density at radius 3 is 3.13 bits per heavy atom. The van der Waals surface area contributed by atoms with Crippen LogP contribution in [0.5, 0.6) is 0 Å². The molecule has 0 amide bonds. The van der Waals surface area contributed by atoms with E-state index in [0.29, 0.717) is 18.6 Å². The molecule has 1 aromatic heterocycles. The van der Waals surface area contributed by atoms with Gasteiger partial charge in [0.2, 0.25) is 0 Å². The molecule has 15 heavy (non-hydrogen) atoms. The monoisotopic (exact) mass is 226 g/mol. The number of hydrogen-bond donors (Lipinski definition) is 1. The van der Waals surface area contributed by atoms with E-state index in [1.54, 1.807) is 11.3 Å². The minimum absolute atomic E-state index is 0.344. The van der Waals surface area contributed by atoms with Gasteiger partial charge in [-0.25, -0.2) is 0 Å². The largest absolute Gasteiger partial charge is 0.380 e. The molecule has 0 saturated carbocycles. The molecule has 1 fully saturated rings. The number of nitrogens with zero attached hydrogens (tertiary/aromatic N) is 1. The van der Waals surface area contributed by atoms with E-state index in [-0.39, 0.29) is 0 Å². The van der Waals surface area contributed by atoms with Gasteiger partial charge in [-0.2, -0.15) is 0 Å². The zero-order valence-corrected chi connectivity index (χ0v) is 9.87. The maximum absolute atomic E-state index is 5.86. The van der Waals surface area contributed by atoms with Gasteiger partial charge in [0.05, 0.1) is 12.6 Å². The molecule has 4 heteroatoms. The first kappa shape index (κ1) is 11.1. The lowest BCUT2D eigenvalue weighted by atomic mass is 10.1. The van der Waals surface area contributed by atoms with Gasteiger partial charge in [0.25, 0.3) is 0 Å². The molecule has 1 saturated heterocycles. The summed E-state index contributed by atoms with van der Waals surface area (Å²) in [5.41, 5.74) is 5.86. The highest BCUT2D eigenvalue weighted by molar-refractivity contribution is 7.10. The van der Waals surface area contributed by atoms with E-state index in [9.17, 15) is 0 Å². The second kappa shape index (κ2) is 5.07. The van der Waals surface area contributed by atoms with E-state index >= 15 is 0 Å². The molecule has 0 spiro atoms. The van der Waals surface area contributed by atoms with Crippen molar-refractivity contribution in [1.29, 1.82) is 0 Å². The van der Waals surface area contributed by atoms with Crippen molar-refractivity contribution in [1.82, 2.24) is 4.90 Å². The molecule has 1 aliphatic rings. The highest BCUT2D eigenvalue weighted by Crippen LogP contribution is 2.26. The molecular formula is C11H18N2OS. The van der Waals surface area contributed by atoms with Gasteiger partial charge in [-0.1, -0.05) is 6.07 Å². The molecule has 1 aliphatic heterocycles. The predicted octanol–water partition coefficient (Wildman–Crippen LogP) is 1.47. The molecule has 2 atom stereocenters. The summed E-state index contributed by atoms with van der Waals surface area (Å²) in [6.07, 6.45) is 1.12. The van der Waals surface area contributed by atoms with Crippen molar-refractivity contribution in [2.24, 2.45) is 5.73 Å². The zero-order valence-electron chi connectivity index (χ0n) is 9.06. The smallest absolute Gasteiger partial charge is 0.0622 e. The fourth-order valence-electron chi connectivity index (χ4n) is 2.06. The fourth-order valence-corrected chi connectivity index (χ4v) is 2.95. The fraction of sp³-hybridized carbons (Fsp3) is 0.636. The van der Waals surface area contributed by atoms with Crippen LogP contribution in [-0.2, 0) is 4.74 Å². The van der Waals surface area contributed by atoms with Crippen molar-refractivity contribution in [3.63, 3.8) is 0 Å². The van der Waals surface area contributed by atoms with E-state index in [0.717, 1.165) is 19.6 Å². The van der Waals surface area contributed by atoms with Gasteiger partial charge in [-0.05, 0) is 24.9 Å². The highest BCUT2D eigenvalue weighted by Gasteiger charge is 2.26. The third-order valence-electron chi connectivity index (χ3n) is 3.07. The summed E-state index contributed by atoms with van der Waals surface area (Å²) in [6, 6.07) is 5.12. The van der Waals surface area contributed by atoms with Crippen molar-refractivity contribution in [2.45, 2.75) is 18.5 Å². The Morgan fingerprint density at radius 1 is 1.73 bits per heavy atom. The Balaban J connectivity index is 2.05. The first-order valence-corrected chi connectivity index (χ1v) is 6.24. The SMILES string of the molecule is CN(C1CCOC1)C(CN)c1cccs1. The quantitative estimate of drug-likeness (QED) is 0.845. The third kappa shape index (κ3) is 2.39. The Bertz CT molecular complexity index is 283. The van der Waals surface area contributed by atoms with Gasteiger partial charge in [0.15, 0.2) is 0 Å². The van der Waals surface area contributed by atoms with Gasteiger partial charge in [-0.3, -0.25) is 4.90 Å². The summed E-state index contributed by atoms with van der Waals surface area (Å²) in [5, 5.41) is 2.11. The maximum Gasteiger partial charge on any atom is 0.0622 e. The molecule has 0 aromatic carbocycles. The Labute approximate surface area is 94.8 Å². The van der Waals surface area contributed by atoms with Crippen LogP contribution >= 0.6 is 11.3 Å². The van der Waals surface area contributed by atoms with Gasteiger partial charge >= 0.3 is 0 Å². The number of likely N-dealkylation sites (N-methyl/N-ethyl adjacent to an activating group) is 1. The maximum atomic E-state index is 5.86. The van der Waals surface area contributed by atoms with Crippen LogP contribution in [0.25, 0.3) is 0 Å². The Hall–Kier alpha value is -0.420. The number of hydrogen-bond acceptors (Lipinski definition) is 4. The summed E-state index contributed by atoms with van der Waals surface area (Å²) in [5.74, 6) is 0. The Morgan fingerprint density at radius 2 is 2.60 bits per heavy atom. The van der Waals surface area contributed by atoms with Crippen LogP contribution in [-0.4, -0.2) is 37.7 Å². The van der Waals surface area contributed by atoms with Gasteiger partial charge < -0.3 is 10.5 Å². The van der Waals surface area contributed by atoms with Crippen LogP contribution in [0.3, 0.4) is 0 Å². The van der Waals surface area contributed by atoms with Crippen molar-refractivity contribution < 1.29 is 4.74 Å². The van der Waals surface area contributed by atoms with Gasteiger partial charge in [0, 0.05) is 24.1 Å². The average molecular weight is 226 g/mol. The predicted molar refractivity (Wildman–Crippen MR) is 63.1 cm³/mol. The Kier molecular flexibility index (Phi) is 3.75. The average Bonchev–Trinajstić information content (AvgIpc) is 2.91. The second-order valence-electron chi connectivity index (χ2n) is 3.95. The molecule has 1 aromatic rings. The van der Waals surface area contributed by atoms with Gasteiger partial charge in [0.1, 0.15) is 0 Å². The highest BCUT2D eigenvalue weighted by atomic mass is 32.1. The van der Waals surface area contributed by atoms with Gasteiger partial charge in [-0.15, -0.1) is 11.3 Å². The molecule has 3 nitrogen and oxygen atoms in total. The number of thiophene rings is 1. The van der Waals surface area contributed by atoms with Crippen LogP contribution in [0.2, 0.25) is 0 Å². The summed E-state index contributed by atoms with van der Waals surface area (Å²) in [6.45, 7) is 2.41. The van der Waals surface area contributed by atoms with E-state index in [1.165, 1.54) is 4.88 Å². The summed E-state index contributed by atoms with van der Waals surface area (Å²) < 4.78 is 5.41. The minimum atomic E-state index is 0.344. The first-order valence-electron chi connectivity index (χ1n) is 5.36. The van der Waals surface area contributed by atoms with Crippen LogP contribution in [0.15, 0.2) is 17.5 Å². The molecular weight excluding hydrogens is 208 g/mol. The summed E-state index contributed by atoms with van der Waals surface area (Å²) in [4.78, 5) is 3.71. The normalized spacial score (nSPS) is 23.5. The third-order valence-corrected chi connectivity index (χ3v) is 4.04. The van der Waals surface area contributed by atoms with Crippen LogP contribution in [0.4, 0.5) is 0 Å². The molecule has 2 rings (SSSR count). The van der Waals surface area contributed by atoms with E-state index in [4.69, 9.17) is 10.5 Å². The topological polar surface area (TPSA) is 38.5 Å². The molecule has 84 valence electrons. The molecule has 0 aliphatic carbocycles. The second-order valence-corrected chi connectivity index (χ2v) is 4.93. The minimum Gasteiger partial charge on any atom is -0.380 e. The summed E-state index contributed by atoms with van der Waals surface area (Å²) in [7, 11) is 2.15. The summed E-state index contributed by atoms with van der Waals surface area (Å²) >= 11 is 1.78. The van der Waals surface area contributed by atoms with E-state index < -0.39 is 0 Å². The lowest BCUT2D eigenvalue weighted by Gasteiger charge is -2.30. The lowest BCUT2D eigenvalue weighted by Crippen LogP contribution is -2.38. The van der Waals surface area contributed by atoms with Crippen LogP contribution in [0, 0.1) is 0 Å². The molecule has 2 N–H and O–H groups in total. The van der Waals surface area contributed by atoms with Crippen molar-refractivity contribution in [3.05, 3.63) is 22.4 Å². The molecule has 0 radical (unpaired) electrons. The molecule has 2 unspecified atom stereocenters. The number of nitrogens with two attached hydrogens (primary N) is 1. The number of rotatable bonds is 4. The van der Waals surface area contributed by atoms with Crippen LogP contribution < -0.4 is 5.73 Å². The molecule has 0 bridgehead atoms. The van der Waals surface area contributed by atoms with Crippen LogP contribution in [0.1, 0.15) is 17.3 Å². The first-order chi connectivity index (χ1) is 7.33. The number of ether oxygens (including phenoxy) is 1. The van der Waals surface area contributed by atoms with Crippen molar-refractivity contribution in [3.8, 4) is 0 Å². The zero-order chi connectivity index (χ0) is 10.7. The standard InChI is InChI=1S/C11H18N2OS/c1-13(9-4-5-14-8-9)10(7-12)11-3-2-6-15-11/h2-3,6,9-10H,4-5,7-8,12H2,1H3. The van der Waals surface area contributed by atoms with Crippen molar-refractivity contribution >= 4 is 11.3 Å². The van der Waals surface area contributed by atoms with E-state index in [1.807, 2.05) is 0 Å². The van der Waals surface area contributed by atoms with E-state index in [2.05, 4.69) is 29.5 Å². The van der Waals surface area contributed by atoms with Crippen molar-refractivity contribution in [2.75, 3.05) is 26.8 Å². The lowest BCUT2D eigenvalue weighted by molar-refractivity contribution is 0.136.